The molecule has 3 heteroatoms. The van der Waals surface area contributed by atoms with Crippen LogP contribution in [0.3, 0.4) is 0 Å². The predicted octanol–water partition coefficient (Wildman–Crippen LogP) is 4.45. The SMILES string of the molecule is Cc1ccccc1N1Cc2c(C)ccnc2C=C1CBr. The number of benzene rings is 1. The summed E-state index contributed by atoms with van der Waals surface area (Å²) in [6.45, 7) is 5.20. The van der Waals surface area contributed by atoms with Gasteiger partial charge in [0.2, 0.25) is 0 Å². The molecule has 1 aromatic heterocycles. The summed E-state index contributed by atoms with van der Waals surface area (Å²) in [5, 5.41) is 0.830. The normalized spacial score (nSPS) is 13.9. The topological polar surface area (TPSA) is 16.1 Å². The first-order valence-corrected chi connectivity index (χ1v) is 7.87. The summed E-state index contributed by atoms with van der Waals surface area (Å²) in [6.07, 6.45) is 4.08. The number of hydrogen-bond donors (Lipinski definition) is 0. The summed E-state index contributed by atoms with van der Waals surface area (Å²) in [6, 6.07) is 10.6. The molecular formula is C17H17BrN2. The van der Waals surface area contributed by atoms with Crippen LogP contribution in [0, 0.1) is 13.8 Å². The lowest BCUT2D eigenvalue weighted by Crippen LogP contribution is -2.27. The van der Waals surface area contributed by atoms with Crippen molar-refractivity contribution < 1.29 is 0 Å². The number of allylic oxidation sites excluding steroid dienone is 1. The minimum absolute atomic E-state index is 0.830. The molecule has 3 rings (SSSR count). The van der Waals surface area contributed by atoms with Crippen LogP contribution >= 0.6 is 15.9 Å². The van der Waals surface area contributed by atoms with Crippen LogP contribution < -0.4 is 4.90 Å². The molecule has 0 unspecified atom stereocenters. The average molecular weight is 329 g/mol. The molecular weight excluding hydrogens is 312 g/mol. The molecule has 102 valence electrons. The molecule has 0 bridgehead atoms. The van der Waals surface area contributed by atoms with E-state index in [0.717, 1.165) is 17.6 Å². The van der Waals surface area contributed by atoms with E-state index >= 15 is 0 Å². The molecule has 0 fully saturated rings. The number of rotatable bonds is 2. The van der Waals surface area contributed by atoms with Crippen molar-refractivity contribution in [2.75, 3.05) is 10.2 Å². The Bertz CT molecular complexity index is 676. The van der Waals surface area contributed by atoms with Crippen LogP contribution in [0.2, 0.25) is 0 Å². The summed E-state index contributed by atoms with van der Waals surface area (Å²) in [7, 11) is 0. The van der Waals surface area contributed by atoms with Gasteiger partial charge >= 0.3 is 0 Å². The number of aryl methyl sites for hydroxylation is 2. The van der Waals surface area contributed by atoms with Gasteiger partial charge in [0.25, 0.3) is 0 Å². The van der Waals surface area contributed by atoms with Gasteiger partial charge in [-0.1, -0.05) is 34.1 Å². The number of fused-ring (bicyclic) bond motifs is 1. The molecule has 0 saturated carbocycles. The number of anilines is 1. The second kappa shape index (κ2) is 5.41. The third-order valence-corrected chi connectivity index (χ3v) is 4.41. The Morgan fingerprint density at radius 1 is 1.15 bits per heavy atom. The molecule has 1 aliphatic rings. The van der Waals surface area contributed by atoms with Crippen molar-refractivity contribution in [3.8, 4) is 0 Å². The molecule has 0 radical (unpaired) electrons. The number of aromatic nitrogens is 1. The highest BCUT2D eigenvalue weighted by molar-refractivity contribution is 9.09. The standard InChI is InChI=1S/C17H17BrN2/c1-12-7-8-19-16-9-14(10-18)20(11-15(12)16)17-6-4-3-5-13(17)2/h3-9H,10-11H2,1-2H3. The van der Waals surface area contributed by atoms with Gasteiger partial charge in [0.05, 0.1) is 12.2 Å². The van der Waals surface area contributed by atoms with Crippen molar-refractivity contribution in [2.45, 2.75) is 20.4 Å². The Morgan fingerprint density at radius 2 is 1.95 bits per heavy atom. The predicted molar refractivity (Wildman–Crippen MR) is 88.1 cm³/mol. The summed E-state index contributed by atoms with van der Waals surface area (Å²) in [5.41, 5.74) is 7.55. The maximum atomic E-state index is 4.50. The Hall–Kier alpha value is -1.61. The molecule has 0 atom stereocenters. The minimum Gasteiger partial charge on any atom is -0.339 e. The second-order valence-electron chi connectivity index (χ2n) is 5.13. The van der Waals surface area contributed by atoms with Gasteiger partial charge in [-0.25, -0.2) is 0 Å². The first kappa shape index (κ1) is 13.4. The van der Waals surface area contributed by atoms with Crippen LogP contribution in [0.1, 0.15) is 22.4 Å². The summed E-state index contributed by atoms with van der Waals surface area (Å²) in [5.74, 6) is 0. The number of nitrogens with zero attached hydrogens (tertiary/aromatic N) is 2. The van der Waals surface area contributed by atoms with Crippen LogP contribution in [-0.4, -0.2) is 10.3 Å². The number of pyridine rings is 1. The van der Waals surface area contributed by atoms with Crippen molar-refractivity contribution in [1.29, 1.82) is 0 Å². The molecule has 0 amide bonds. The zero-order valence-electron chi connectivity index (χ0n) is 11.7. The molecule has 1 aliphatic heterocycles. The van der Waals surface area contributed by atoms with Gasteiger partial charge in [0.15, 0.2) is 0 Å². The van der Waals surface area contributed by atoms with Crippen molar-refractivity contribution in [3.63, 3.8) is 0 Å². The smallest absolute Gasteiger partial charge is 0.0700 e. The average Bonchev–Trinajstić information content (AvgIpc) is 2.47. The van der Waals surface area contributed by atoms with E-state index in [4.69, 9.17) is 0 Å². The highest BCUT2D eigenvalue weighted by Gasteiger charge is 2.21. The highest BCUT2D eigenvalue weighted by atomic mass is 79.9. The lowest BCUT2D eigenvalue weighted by molar-refractivity contribution is 0.878. The number of halogens is 1. The Balaban J connectivity index is 2.11. The van der Waals surface area contributed by atoms with E-state index in [1.165, 1.54) is 28.1 Å². The van der Waals surface area contributed by atoms with Crippen LogP contribution in [0.5, 0.6) is 0 Å². The molecule has 2 heterocycles. The molecule has 0 N–H and O–H groups in total. The maximum Gasteiger partial charge on any atom is 0.0700 e. The number of alkyl halides is 1. The van der Waals surface area contributed by atoms with Gasteiger partial charge in [-0.2, -0.15) is 0 Å². The lowest BCUT2D eigenvalue weighted by atomic mass is 10.0. The summed E-state index contributed by atoms with van der Waals surface area (Å²) in [4.78, 5) is 6.88. The first-order valence-electron chi connectivity index (χ1n) is 6.75. The van der Waals surface area contributed by atoms with E-state index in [2.05, 4.69) is 76.1 Å². The third-order valence-electron chi connectivity index (χ3n) is 3.83. The first-order chi connectivity index (χ1) is 9.70. The van der Waals surface area contributed by atoms with E-state index in [-0.39, 0.29) is 0 Å². The number of hydrogen-bond acceptors (Lipinski definition) is 2. The van der Waals surface area contributed by atoms with Gasteiger partial charge < -0.3 is 4.90 Å². The lowest BCUT2D eigenvalue weighted by Gasteiger charge is -2.32. The molecule has 20 heavy (non-hydrogen) atoms. The van der Waals surface area contributed by atoms with Crippen molar-refractivity contribution in [3.05, 3.63) is 64.6 Å². The van der Waals surface area contributed by atoms with Crippen LogP contribution in [0.4, 0.5) is 5.69 Å². The van der Waals surface area contributed by atoms with Crippen LogP contribution in [0.15, 0.2) is 42.2 Å². The molecule has 2 aromatic rings. The second-order valence-corrected chi connectivity index (χ2v) is 5.69. The Morgan fingerprint density at radius 3 is 2.70 bits per heavy atom. The molecule has 1 aromatic carbocycles. The van der Waals surface area contributed by atoms with E-state index in [1.807, 2.05) is 6.20 Å². The Kier molecular flexibility index (Phi) is 3.62. The van der Waals surface area contributed by atoms with E-state index in [0.29, 0.717) is 0 Å². The zero-order valence-corrected chi connectivity index (χ0v) is 13.3. The number of para-hydroxylation sites is 1. The fourth-order valence-corrected chi connectivity index (χ4v) is 3.12. The van der Waals surface area contributed by atoms with Crippen molar-refractivity contribution in [2.24, 2.45) is 0 Å². The van der Waals surface area contributed by atoms with Crippen molar-refractivity contribution >= 4 is 27.7 Å². The van der Waals surface area contributed by atoms with Crippen molar-refractivity contribution in [1.82, 2.24) is 4.98 Å². The van der Waals surface area contributed by atoms with Crippen LogP contribution in [-0.2, 0) is 6.54 Å². The fraction of sp³-hybridized carbons (Fsp3) is 0.235. The van der Waals surface area contributed by atoms with E-state index in [9.17, 15) is 0 Å². The third kappa shape index (κ3) is 2.27. The minimum atomic E-state index is 0.830. The van der Waals surface area contributed by atoms with Gasteiger partial charge in [-0.05, 0) is 43.2 Å². The molecule has 0 saturated heterocycles. The summed E-state index contributed by atoms with van der Waals surface area (Å²) >= 11 is 3.61. The highest BCUT2D eigenvalue weighted by Crippen LogP contribution is 2.32. The zero-order chi connectivity index (χ0) is 14.1. The quantitative estimate of drug-likeness (QED) is 0.757. The van der Waals surface area contributed by atoms with Gasteiger partial charge in [0.1, 0.15) is 0 Å². The molecule has 0 spiro atoms. The van der Waals surface area contributed by atoms with E-state index < -0.39 is 0 Å². The van der Waals surface area contributed by atoms with Crippen LogP contribution in [0.25, 0.3) is 6.08 Å². The van der Waals surface area contributed by atoms with Gasteiger partial charge in [0, 0.05) is 28.5 Å². The van der Waals surface area contributed by atoms with Gasteiger partial charge in [-0.3, -0.25) is 4.98 Å². The fourth-order valence-electron chi connectivity index (χ4n) is 2.65. The molecule has 0 aliphatic carbocycles. The molecule has 2 nitrogen and oxygen atoms in total. The van der Waals surface area contributed by atoms with Gasteiger partial charge in [-0.15, -0.1) is 0 Å². The van der Waals surface area contributed by atoms with E-state index in [1.54, 1.807) is 0 Å². The maximum absolute atomic E-state index is 4.50. The largest absolute Gasteiger partial charge is 0.339 e. The Labute approximate surface area is 128 Å². The summed E-state index contributed by atoms with van der Waals surface area (Å²) < 4.78 is 0. The monoisotopic (exact) mass is 328 g/mol.